The molecular formula is C11H21N3O3. The van der Waals surface area contributed by atoms with Crippen LogP contribution in [0.1, 0.15) is 19.8 Å². The van der Waals surface area contributed by atoms with E-state index < -0.39 is 5.41 Å². The van der Waals surface area contributed by atoms with Crippen LogP contribution in [0.3, 0.4) is 0 Å². The molecule has 0 aromatic heterocycles. The van der Waals surface area contributed by atoms with Crippen molar-refractivity contribution in [1.29, 1.82) is 0 Å². The number of carbonyl (C=O) groups is 2. The van der Waals surface area contributed by atoms with Gasteiger partial charge in [0.2, 0.25) is 11.8 Å². The summed E-state index contributed by atoms with van der Waals surface area (Å²) in [5.74, 6) is -0.132. The van der Waals surface area contributed by atoms with E-state index in [-0.39, 0.29) is 11.8 Å². The first kappa shape index (κ1) is 13.9. The highest BCUT2D eigenvalue weighted by atomic mass is 16.5. The van der Waals surface area contributed by atoms with Crippen LogP contribution in [0.25, 0.3) is 0 Å². The highest BCUT2D eigenvalue weighted by Crippen LogP contribution is 2.29. The Balaban J connectivity index is 2.36. The molecule has 1 heterocycles. The molecule has 17 heavy (non-hydrogen) atoms. The molecule has 0 radical (unpaired) electrons. The average molecular weight is 243 g/mol. The van der Waals surface area contributed by atoms with Crippen molar-refractivity contribution in [2.75, 3.05) is 32.8 Å². The van der Waals surface area contributed by atoms with Gasteiger partial charge in [-0.3, -0.25) is 9.59 Å². The Morgan fingerprint density at radius 1 is 1.24 bits per heavy atom. The van der Waals surface area contributed by atoms with E-state index in [1.54, 1.807) is 0 Å². The molecule has 0 aromatic rings. The summed E-state index contributed by atoms with van der Waals surface area (Å²) in [6.45, 7) is 3.82. The Hall–Kier alpha value is -1.14. The highest BCUT2D eigenvalue weighted by molar-refractivity contribution is 5.83. The molecule has 98 valence electrons. The van der Waals surface area contributed by atoms with Crippen molar-refractivity contribution in [3.05, 3.63) is 0 Å². The van der Waals surface area contributed by atoms with Gasteiger partial charge in [-0.25, -0.2) is 0 Å². The van der Waals surface area contributed by atoms with Crippen molar-refractivity contribution in [3.63, 3.8) is 0 Å². The molecule has 1 rings (SSSR count). The number of hydrogen-bond acceptors (Lipinski definition) is 4. The van der Waals surface area contributed by atoms with Gasteiger partial charge in [0.1, 0.15) is 0 Å². The minimum absolute atomic E-state index is 0.0337. The Labute approximate surface area is 101 Å². The maximum Gasteiger partial charge on any atom is 0.227 e. The molecule has 2 amide bonds. The van der Waals surface area contributed by atoms with Crippen molar-refractivity contribution in [2.24, 2.45) is 11.1 Å². The molecule has 0 aromatic carbocycles. The molecule has 0 bridgehead atoms. The Morgan fingerprint density at radius 3 is 2.35 bits per heavy atom. The lowest BCUT2D eigenvalue weighted by Crippen LogP contribution is -2.50. The first-order valence-corrected chi connectivity index (χ1v) is 5.91. The molecule has 0 saturated carbocycles. The third-order valence-electron chi connectivity index (χ3n) is 3.11. The maximum absolute atomic E-state index is 12.0. The third-order valence-corrected chi connectivity index (χ3v) is 3.11. The van der Waals surface area contributed by atoms with E-state index in [9.17, 15) is 9.59 Å². The van der Waals surface area contributed by atoms with Crippen LogP contribution in [0.5, 0.6) is 0 Å². The zero-order chi connectivity index (χ0) is 12.7. The van der Waals surface area contributed by atoms with Crippen LogP contribution in [0.4, 0.5) is 0 Å². The number of rotatable bonds is 5. The molecule has 0 spiro atoms. The number of amides is 2. The summed E-state index contributed by atoms with van der Waals surface area (Å²) in [5.41, 5.74) is 5.21. The first-order valence-electron chi connectivity index (χ1n) is 5.91. The average Bonchev–Trinajstić information content (AvgIpc) is 2.35. The molecule has 0 atom stereocenters. The summed E-state index contributed by atoms with van der Waals surface area (Å²) in [6.07, 6.45) is 1.32. The summed E-state index contributed by atoms with van der Waals surface area (Å²) >= 11 is 0. The predicted molar refractivity (Wildman–Crippen MR) is 63.2 cm³/mol. The van der Waals surface area contributed by atoms with E-state index in [1.165, 1.54) is 6.92 Å². The lowest BCUT2D eigenvalue weighted by atomic mass is 9.79. The second kappa shape index (κ2) is 6.56. The summed E-state index contributed by atoms with van der Waals surface area (Å²) in [6, 6.07) is 0. The van der Waals surface area contributed by atoms with Crippen LogP contribution in [-0.2, 0) is 14.3 Å². The lowest BCUT2D eigenvalue weighted by Gasteiger charge is -2.34. The Bertz CT molecular complexity index is 275. The van der Waals surface area contributed by atoms with Gasteiger partial charge in [-0.2, -0.15) is 0 Å². The summed E-state index contributed by atoms with van der Waals surface area (Å²) in [5, 5.41) is 5.44. The molecule has 6 heteroatoms. The maximum atomic E-state index is 12.0. The minimum atomic E-state index is -0.492. The van der Waals surface area contributed by atoms with Gasteiger partial charge in [0.05, 0.1) is 5.41 Å². The van der Waals surface area contributed by atoms with Gasteiger partial charge in [0, 0.05) is 39.8 Å². The first-order chi connectivity index (χ1) is 8.10. The van der Waals surface area contributed by atoms with Crippen molar-refractivity contribution in [2.45, 2.75) is 19.8 Å². The van der Waals surface area contributed by atoms with E-state index in [1.807, 2.05) is 0 Å². The normalized spacial score (nSPS) is 18.5. The fourth-order valence-electron chi connectivity index (χ4n) is 1.89. The number of hydrogen-bond donors (Lipinski definition) is 3. The molecule has 4 N–H and O–H groups in total. The van der Waals surface area contributed by atoms with Crippen LogP contribution in [0.2, 0.25) is 0 Å². The smallest absolute Gasteiger partial charge is 0.227 e. The Kier molecular flexibility index (Phi) is 5.37. The topological polar surface area (TPSA) is 93.5 Å². The van der Waals surface area contributed by atoms with Gasteiger partial charge >= 0.3 is 0 Å². The molecule has 1 saturated heterocycles. The van der Waals surface area contributed by atoms with Crippen LogP contribution in [0, 0.1) is 5.41 Å². The van der Waals surface area contributed by atoms with Gasteiger partial charge < -0.3 is 21.1 Å². The van der Waals surface area contributed by atoms with Crippen molar-refractivity contribution in [1.82, 2.24) is 10.6 Å². The van der Waals surface area contributed by atoms with Crippen LogP contribution >= 0.6 is 0 Å². The van der Waals surface area contributed by atoms with E-state index in [2.05, 4.69) is 10.6 Å². The molecule has 1 aliphatic rings. The van der Waals surface area contributed by atoms with Gasteiger partial charge in [-0.05, 0) is 12.8 Å². The third kappa shape index (κ3) is 3.98. The predicted octanol–water partition coefficient (Wildman–Crippen LogP) is -1.01. The zero-order valence-corrected chi connectivity index (χ0v) is 10.3. The summed E-state index contributed by atoms with van der Waals surface area (Å²) < 4.78 is 5.24. The monoisotopic (exact) mass is 243 g/mol. The molecule has 1 aliphatic heterocycles. The van der Waals surface area contributed by atoms with E-state index >= 15 is 0 Å². The molecular weight excluding hydrogens is 222 g/mol. The minimum Gasteiger partial charge on any atom is -0.381 e. The molecule has 1 fully saturated rings. The standard InChI is InChI=1S/C11H21N3O3/c1-9(15)13-4-5-14-10(16)11(8-12)2-6-17-7-3-11/h2-8,12H2,1H3,(H,13,15)(H,14,16). The van der Waals surface area contributed by atoms with Gasteiger partial charge in [0.15, 0.2) is 0 Å². The van der Waals surface area contributed by atoms with Gasteiger partial charge in [0.25, 0.3) is 0 Å². The van der Waals surface area contributed by atoms with E-state index in [4.69, 9.17) is 10.5 Å². The largest absolute Gasteiger partial charge is 0.381 e. The van der Waals surface area contributed by atoms with Crippen molar-refractivity contribution < 1.29 is 14.3 Å². The van der Waals surface area contributed by atoms with Crippen molar-refractivity contribution in [3.8, 4) is 0 Å². The fourth-order valence-corrected chi connectivity index (χ4v) is 1.89. The second-order valence-electron chi connectivity index (χ2n) is 4.34. The molecule has 0 aliphatic carbocycles. The van der Waals surface area contributed by atoms with Crippen LogP contribution in [-0.4, -0.2) is 44.7 Å². The lowest BCUT2D eigenvalue weighted by molar-refractivity contribution is -0.136. The van der Waals surface area contributed by atoms with E-state index in [0.29, 0.717) is 45.7 Å². The van der Waals surface area contributed by atoms with Gasteiger partial charge in [-0.1, -0.05) is 0 Å². The van der Waals surface area contributed by atoms with Gasteiger partial charge in [-0.15, -0.1) is 0 Å². The number of ether oxygens (including phenoxy) is 1. The van der Waals surface area contributed by atoms with Crippen LogP contribution < -0.4 is 16.4 Å². The number of nitrogens with one attached hydrogen (secondary N) is 2. The quantitative estimate of drug-likeness (QED) is 0.540. The summed E-state index contributed by atoms with van der Waals surface area (Å²) in [7, 11) is 0. The Morgan fingerprint density at radius 2 is 1.82 bits per heavy atom. The fraction of sp³-hybridized carbons (Fsp3) is 0.818. The highest BCUT2D eigenvalue weighted by Gasteiger charge is 2.38. The molecule has 0 unspecified atom stereocenters. The summed E-state index contributed by atoms with van der Waals surface area (Å²) in [4.78, 5) is 22.7. The number of carbonyl (C=O) groups excluding carboxylic acids is 2. The second-order valence-corrected chi connectivity index (χ2v) is 4.34. The van der Waals surface area contributed by atoms with E-state index in [0.717, 1.165) is 0 Å². The molecule has 6 nitrogen and oxygen atoms in total. The zero-order valence-electron chi connectivity index (χ0n) is 10.3. The SMILES string of the molecule is CC(=O)NCCNC(=O)C1(CN)CCOCC1. The van der Waals surface area contributed by atoms with Crippen LogP contribution in [0.15, 0.2) is 0 Å². The number of nitrogens with two attached hydrogens (primary N) is 1. The van der Waals surface area contributed by atoms with Crippen molar-refractivity contribution >= 4 is 11.8 Å².